The minimum atomic E-state index is -0.401. The van der Waals surface area contributed by atoms with E-state index in [-0.39, 0.29) is 22.8 Å². The summed E-state index contributed by atoms with van der Waals surface area (Å²) in [6.07, 6.45) is 4.20. The van der Waals surface area contributed by atoms with Crippen LogP contribution in [0, 0.1) is 5.82 Å². The molecule has 44 heavy (non-hydrogen) atoms. The normalized spacial score (nSPS) is 12.8. The average Bonchev–Trinajstić information content (AvgIpc) is 3.27. The molecule has 1 aliphatic heterocycles. The van der Waals surface area contributed by atoms with Crippen LogP contribution in [0.15, 0.2) is 54.0 Å². The molecule has 1 aliphatic rings. The molecule has 0 aliphatic carbocycles. The third-order valence-electron chi connectivity index (χ3n) is 8.10. The fourth-order valence-corrected chi connectivity index (χ4v) is 5.33. The minimum absolute atomic E-state index is 0.00736. The first-order valence-electron chi connectivity index (χ1n) is 14.5. The van der Waals surface area contributed by atoms with Crippen LogP contribution in [0.4, 0.5) is 27.4 Å². The fraction of sp³-hybridized carbons (Fsp3) is 0.310. The third-order valence-corrected chi connectivity index (χ3v) is 8.10. The van der Waals surface area contributed by atoms with Gasteiger partial charge in [-0.1, -0.05) is 11.8 Å². The molecule has 5 rings (SSSR count). The summed E-state index contributed by atoms with van der Waals surface area (Å²) in [7, 11) is 12.1. The van der Waals surface area contributed by atoms with Crippen molar-refractivity contribution in [1.29, 1.82) is 0 Å². The number of rotatable bonds is 11. The molecule has 0 fully saturated rings. The number of likely N-dealkylation sites (N-methyl/N-ethyl adjacent to an activating group) is 2. The zero-order chi connectivity index (χ0) is 31.8. The lowest BCUT2D eigenvalue weighted by atomic mass is 9.48. The molecule has 3 heterocycles. The number of methoxy groups -OCH3 is 1. The molecule has 0 spiro atoms. The van der Waals surface area contributed by atoms with Crippen molar-refractivity contribution in [1.82, 2.24) is 24.0 Å². The largest absolute Gasteiger partial charge is 0.494 e. The van der Waals surface area contributed by atoms with Gasteiger partial charge in [0.25, 0.3) is 0 Å². The number of ether oxygens (including phenoxy) is 1. The van der Waals surface area contributed by atoms with Crippen molar-refractivity contribution in [2.45, 2.75) is 24.6 Å². The second-order valence-corrected chi connectivity index (χ2v) is 11.9. The molecule has 0 radical (unpaired) electrons. The third kappa shape index (κ3) is 6.09. The minimum Gasteiger partial charge on any atom is -0.494 e. The van der Waals surface area contributed by atoms with Crippen molar-refractivity contribution in [3.63, 3.8) is 0 Å². The maximum Gasteiger partial charge on any atom is 0.334 e. The Bertz CT molecular complexity index is 1800. The molecule has 2 N–H and O–H groups in total. The van der Waals surface area contributed by atoms with Crippen molar-refractivity contribution in [2.75, 3.05) is 49.8 Å². The van der Waals surface area contributed by atoms with E-state index in [4.69, 9.17) is 4.74 Å². The summed E-state index contributed by atoms with van der Waals surface area (Å²) in [6, 6.07) is 8.05. The quantitative estimate of drug-likeness (QED) is 0.190. The Morgan fingerprint density at radius 3 is 2.68 bits per heavy atom. The molecular weight excluding hydrogens is 560 g/mol. The second kappa shape index (κ2) is 12.2. The van der Waals surface area contributed by atoms with Crippen LogP contribution in [-0.4, -0.2) is 93.0 Å². The van der Waals surface area contributed by atoms with E-state index in [2.05, 4.69) is 62.7 Å². The van der Waals surface area contributed by atoms with Gasteiger partial charge in [0.15, 0.2) is 0 Å². The monoisotopic (exact) mass is 596 g/mol. The highest BCUT2D eigenvalue weighted by atomic mass is 19.1. The van der Waals surface area contributed by atoms with E-state index < -0.39 is 5.82 Å². The Hall–Kier alpha value is -4.52. The van der Waals surface area contributed by atoms with Gasteiger partial charge < -0.3 is 25.2 Å². The van der Waals surface area contributed by atoms with E-state index >= 15 is 0 Å². The number of benzene rings is 2. The number of nitrogens with one attached hydrogen (secondary N) is 2. The summed E-state index contributed by atoms with van der Waals surface area (Å²) in [5, 5.41) is 6.08. The lowest BCUT2D eigenvalue weighted by Crippen LogP contribution is -2.50. The number of halogens is 1. The molecule has 2 aromatic heterocycles. The predicted molar refractivity (Wildman–Crippen MR) is 181 cm³/mol. The maximum atomic E-state index is 14.6. The van der Waals surface area contributed by atoms with Gasteiger partial charge in [-0.2, -0.15) is 4.98 Å². The Kier molecular flexibility index (Phi) is 8.60. The number of hydrogen-bond acceptors (Lipinski definition) is 8. The van der Waals surface area contributed by atoms with E-state index in [0.717, 1.165) is 29.7 Å². The molecule has 1 amide bonds. The molecule has 0 atom stereocenters. The van der Waals surface area contributed by atoms with Crippen molar-refractivity contribution >= 4 is 63.5 Å². The van der Waals surface area contributed by atoms with Gasteiger partial charge in [0.2, 0.25) is 11.9 Å². The van der Waals surface area contributed by atoms with Crippen LogP contribution in [0.25, 0.3) is 16.9 Å². The van der Waals surface area contributed by atoms with Crippen molar-refractivity contribution in [2.24, 2.45) is 0 Å². The highest BCUT2D eigenvalue weighted by Crippen LogP contribution is 2.38. The van der Waals surface area contributed by atoms with Gasteiger partial charge in [0, 0.05) is 51.1 Å². The van der Waals surface area contributed by atoms with Crippen LogP contribution in [0.3, 0.4) is 0 Å². The highest BCUT2D eigenvalue weighted by molar-refractivity contribution is 6.59. The lowest BCUT2D eigenvalue weighted by molar-refractivity contribution is -0.111. The van der Waals surface area contributed by atoms with Crippen LogP contribution in [0.5, 0.6) is 5.75 Å². The summed E-state index contributed by atoms with van der Waals surface area (Å²) < 4.78 is 23.4. The second-order valence-electron chi connectivity index (χ2n) is 11.9. The SMILES string of the molecule is BC(B)(B)N(C)CCN(C)c1cc(OC)c(Nc2nccc(-n3c(=O)n4c5c(cc(F)cc53)CCC4)n2)cc1NC(=O)C=C. The smallest absolute Gasteiger partial charge is 0.334 e. The number of nitrogens with zero attached hydrogens (tertiary/aromatic N) is 6. The van der Waals surface area contributed by atoms with Crippen LogP contribution < -0.4 is 26.0 Å². The number of imidazole rings is 1. The number of carbonyl (C=O) groups is 1. The molecule has 4 aromatic rings. The predicted octanol–water partition coefficient (Wildman–Crippen LogP) is 0.423. The lowest BCUT2D eigenvalue weighted by Gasteiger charge is -2.34. The number of hydrogen-bond donors (Lipinski definition) is 2. The summed E-state index contributed by atoms with van der Waals surface area (Å²) in [4.78, 5) is 39.1. The van der Waals surface area contributed by atoms with Gasteiger partial charge in [-0.3, -0.25) is 9.36 Å². The van der Waals surface area contributed by atoms with Crippen LogP contribution in [0.1, 0.15) is 12.0 Å². The number of anilines is 4. The van der Waals surface area contributed by atoms with E-state index in [1.165, 1.54) is 29.0 Å². The summed E-state index contributed by atoms with van der Waals surface area (Å²) >= 11 is 0. The first kappa shape index (κ1) is 30.9. The first-order valence-corrected chi connectivity index (χ1v) is 14.5. The molecular formula is C29H36B3FN8O3. The van der Waals surface area contributed by atoms with Gasteiger partial charge in [0.05, 0.1) is 35.2 Å². The molecule has 15 heteroatoms. The number of aromatic nitrogens is 4. The molecule has 226 valence electrons. The standard InChI is InChI=1S/C29H36B3FN8O3/c1-5-25(42)35-19-15-20(23(44-4)16-21(19)38(2)11-12-39(3)29(30,31)32)36-27-34-9-8-24(37-27)41-22-14-18(33)13-17-7-6-10-40(26(17)22)28(41)43/h5,8-9,13-16H,1,6-7,10-12,30-32H2,2-4H3,(H,35,42)(H,34,36,37). The zero-order valence-corrected chi connectivity index (χ0v) is 26.1. The summed E-state index contributed by atoms with van der Waals surface area (Å²) in [5.41, 5.74) is 3.50. The topological polar surface area (TPSA) is 110 Å². The zero-order valence-electron chi connectivity index (χ0n) is 26.1. The van der Waals surface area contributed by atoms with E-state index in [9.17, 15) is 14.0 Å². The van der Waals surface area contributed by atoms with Gasteiger partial charge in [0.1, 0.15) is 40.9 Å². The van der Waals surface area contributed by atoms with Gasteiger partial charge in [-0.25, -0.2) is 18.7 Å². The fourth-order valence-electron chi connectivity index (χ4n) is 5.33. The van der Waals surface area contributed by atoms with Crippen molar-refractivity contribution in [3.8, 4) is 11.6 Å². The molecule has 0 unspecified atom stereocenters. The van der Waals surface area contributed by atoms with E-state index in [1.807, 2.05) is 18.0 Å². The Morgan fingerprint density at radius 2 is 1.98 bits per heavy atom. The van der Waals surface area contributed by atoms with Gasteiger partial charge >= 0.3 is 5.69 Å². The molecule has 11 nitrogen and oxygen atoms in total. The summed E-state index contributed by atoms with van der Waals surface area (Å²) in [5.74, 6) is 0.220. The maximum absolute atomic E-state index is 14.6. The Morgan fingerprint density at radius 1 is 1.20 bits per heavy atom. The van der Waals surface area contributed by atoms with Crippen LogP contribution in [-0.2, 0) is 17.8 Å². The number of amides is 1. The van der Waals surface area contributed by atoms with Crippen molar-refractivity contribution in [3.05, 3.63) is 71.0 Å². The molecule has 2 aromatic carbocycles. The molecule has 0 saturated carbocycles. The van der Waals surface area contributed by atoms with Crippen molar-refractivity contribution < 1.29 is 13.9 Å². The van der Waals surface area contributed by atoms with Crippen LogP contribution in [0.2, 0.25) is 0 Å². The summed E-state index contributed by atoms with van der Waals surface area (Å²) in [6.45, 7) is 5.62. The number of carbonyl (C=O) groups excluding carboxylic acids is 1. The Balaban J connectivity index is 1.51. The van der Waals surface area contributed by atoms with E-state index in [1.54, 1.807) is 23.8 Å². The Labute approximate surface area is 258 Å². The first-order chi connectivity index (χ1) is 20.9. The average molecular weight is 596 g/mol. The number of aryl methyl sites for hydroxylation is 2. The molecule has 0 saturated heterocycles. The van der Waals surface area contributed by atoms with Crippen LogP contribution >= 0.6 is 0 Å². The highest BCUT2D eigenvalue weighted by Gasteiger charge is 2.23. The van der Waals surface area contributed by atoms with Gasteiger partial charge in [-0.05, 0) is 43.7 Å². The molecule has 0 bridgehead atoms. The van der Waals surface area contributed by atoms with E-state index in [0.29, 0.717) is 48.0 Å². The van der Waals surface area contributed by atoms with Gasteiger partial charge in [-0.15, -0.1) is 0 Å².